The summed E-state index contributed by atoms with van der Waals surface area (Å²) in [7, 11) is 0. The molecule has 1 aromatic carbocycles. The van der Waals surface area contributed by atoms with Crippen molar-refractivity contribution in [2.24, 2.45) is 11.5 Å². The molecule has 0 saturated heterocycles. The summed E-state index contributed by atoms with van der Waals surface area (Å²) in [4.78, 5) is 66.4. The second kappa shape index (κ2) is 12.7. The number of carboxylic acid groups (broad SMARTS) is 1. The van der Waals surface area contributed by atoms with E-state index in [1.54, 1.807) is 30.3 Å². The number of aromatic nitrogens is 2. The number of nitrogens with one attached hydrogen (secondary N) is 4. The lowest BCUT2D eigenvalue weighted by Gasteiger charge is -2.20. The van der Waals surface area contributed by atoms with Crippen LogP contribution in [0.4, 0.5) is 0 Å². The fourth-order valence-corrected chi connectivity index (χ4v) is 3.00. The predicted octanol–water partition coefficient (Wildman–Crippen LogP) is -2.43. The van der Waals surface area contributed by atoms with Gasteiger partial charge in [-0.1, -0.05) is 30.3 Å². The van der Waals surface area contributed by atoms with E-state index >= 15 is 0 Å². The number of amides is 4. The molecule has 0 radical (unpaired) electrons. The number of hydrogen-bond acceptors (Lipinski definition) is 7. The Morgan fingerprint density at radius 1 is 1.00 bits per heavy atom. The van der Waals surface area contributed by atoms with Crippen LogP contribution in [-0.4, -0.2) is 69.3 Å². The molecule has 3 unspecified atom stereocenters. The zero-order valence-corrected chi connectivity index (χ0v) is 18.2. The number of hydrogen-bond donors (Lipinski definition) is 7. The van der Waals surface area contributed by atoms with Crippen LogP contribution in [0.1, 0.15) is 17.7 Å². The molecule has 3 atom stereocenters. The SMILES string of the molecule is NC(=O)CC(N)C(=O)NC(Cc1cnc[nH]1)C(=O)NCC(=O)NC(Cc1ccccc1)C(=O)O. The van der Waals surface area contributed by atoms with Crippen molar-refractivity contribution in [3.8, 4) is 0 Å². The first-order valence-corrected chi connectivity index (χ1v) is 10.3. The van der Waals surface area contributed by atoms with Gasteiger partial charge in [-0.05, 0) is 5.56 Å². The highest BCUT2D eigenvalue weighted by Crippen LogP contribution is 2.04. The standard InChI is InChI=1S/C21H27N7O6/c22-14(8-17(23)29)19(31)28-15(7-13-9-24-11-26-13)20(32)25-10-18(30)27-16(21(33)34)6-12-4-2-1-3-5-12/h1-5,9,11,14-16H,6-8,10,22H2,(H2,23,29)(H,24,26)(H,25,32)(H,27,30)(H,28,31)(H,33,34). The molecule has 0 aliphatic rings. The van der Waals surface area contributed by atoms with Gasteiger partial charge < -0.3 is 37.5 Å². The molecule has 0 saturated carbocycles. The Hall–Kier alpha value is -4.26. The first-order chi connectivity index (χ1) is 16.2. The maximum Gasteiger partial charge on any atom is 0.326 e. The number of primary amides is 1. The number of imidazole rings is 1. The molecule has 1 heterocycles. The van der Waals surface area contributed by atoms with Gasteiger partial charge in [0.1, 0.15) is 12.1 Å². The number of H-pyrrole nitrogens is 1. The third kappa shape index (κ3) is 8.70. The molecular formula is C21H27N7O6. The van der Waals surface area contributed by atoms with Crippen LogP contribution in [0.15, 0.2) is 42.9 Å². The Kier molecular flexibility index (Phi) is 9.71. The lowest BCUT2D eigenvalue weighted by atomic mass is 10.1. The average Bonchev–Trinajstić information content (AvgIpc) is 3.30. The van der Waals surface area contributed by atoms with Gasteiger partial charge in [0.15, 0.2) is 0 Å². The van der Waals surface area contributed by atoms with Gasteiger partial charge >= 0.3 is 5.97 Å². The fraction of sp³-hybridized carbons (Fsp3) is 0.333. The number of rotatable bonds is 13. The molecule has 1 aromatic heterocycles. The van der Waals surface area contributed by atoms with Crippen LogP contribution in [0.2, 0.25) is 0 Å². The van der Waals surface area contributed by atoms with E-state index in [4.69, 9.17) is 11.5 Å². The quantitative estimate of drug-likeness (QED) is 0.165. The number of carbonyl (C=O) groups is 5. The van der Waals surface area contributed by atoms with E-state index < -0.39 is 60.7 Å². The first kappa shape index (κ1) is 26.0. The van der Waals surface area contributed by atoms with Crippen molar-refractivity contribution in [2.75, 3.05) is 6.54 Å². The Morgan fingerprint density at radius 3 is 2.29 bits per heavy atom. The number of nitrogens with zero attached hydrogens (tertiary/aromatic N) is 1. The summed E-state index contributed by atoms with van der Waals surface area (Å²) < 4.78 is 0. The molecule has 4 amide bonds. The summed E-state index contributed by atoms with van der Waals surface area (Å²) in [6.07, 6.45) is 2.48. The molecular weight excluding hydrogens is 446 g/mol. The molecule has 2 rings (SSSR count). The maximum absolute atomic E-state index is 12.7. The van der Waals surface area contributed by atoms with E-state index in [1.807, 2.05) is 0 Å². The predicted molar refractivity (Wildman–Crippen MR) is 119 cm³/mol. The van der Waals surface area contributed by atoms with Crippen molar-refractivity contribution in [2.45, 2.75) is 37.4 Å². The number of carboxylic acids is 1. The van der Waals surface area contributed by atoms with E-state index in [0.717, 1.165) is 0 Å². The number of aromatic amines is 1. The number of benzene rings is 1. The minimum absolute atomic E-state index is 0.00571. The monoisotopic (exact) mass is 473 g/mol. The minimum atomic E-state index is -1.26. The van der Waals surface area contributed by atoms with Crippen LogP contribution >= 0.6 is 0 Å². The molecule has 34 heavy (non-hydrogen) atoms. The smallest absolute Gasteiger partial charge is 0.326 e. The van der Waals surface area contributed by atoms with Crippen LogP contribution in [0.5, 0.6) is 0 Å². The van der Waals surface area contributed by atoms with E-state index in [1.165, 1.54) is 12.5 Å². The molecule has 2 aromatic rings. The van der Waals surface area contributed by atoms with E-state index in [2.05, 4.69) is 25.9 Å². The summed E-state index contributed by atoms with van der Waals surface area (Å²) in [5.41, 5.74) is 11.9. The van der Waals surface area contributed by atoms with Crippen LogP contribution in [0, 0.1) is 0 Å². The van der Waals surface area contributed by atoms with Crippen molar-refractivity contribution < 1.29 is 29.1 Å². The van der Waals surface area contributed by atoms with E-state index in [-0.39, 0.29) is 12.8 Å². The zero-order valence-electron chi connectivity index (χ0n) is 18.2. The molecule has 0 aliphatic carbocycles. The summed E-state index contributed by atoms with van der Waals surface area (Å²) in [6, 6.07) is 5.14. The summed E-state index contributed by atoms with van der Waals surface area (Å²) in [6.45, 7) is -0.528. The highest BCUT2D eigenvalue weighted by molar-refractivity contribution is 5.94. The van der Waals surface area contributed by atoms with Crippen LogP contribution < -0.4 is 27.4 Å². The summed E-state index contributed by atoms with van der Waals surface area (Å²) in [5, 5.41) is 16.5. The topological polar surface area (TPSA) is 222 Å². The zero-order chi connectivity index (χ0) is 25.1. The lowest BCUT2D eigenvalue weighted by Crippen LogP contribution is -2.54. The van der Waals surface area contributed by atoms with Gasteiger partial charge in [-0.25, -0.2) is 9.78 Å². The van der Waals surface area contributed by atoms with Gasteiger partial charge in [0.25, 0.3) is 0 Å². The van der Waals surface area contributed by atoms with E-state index in [9.17, 15) is 29.1 Å². The highest BCUT2D eigenvalue weighted by Gasteiger charge is 2.26. The molecule has 0 aliphatic heterocycles. The first-order valence-electron chi connectivity index (χ1n) is 10.3. The normalized spacial score (nSPS) is 13.2. The Morgan fingerprint density at radius 2 is 1.71 bits per heavy atom. The fourth-order valence-electron chi connectivity index (χ4n) is 3.00. The molecule has 13 heteroatoms. The Bertz CT molecular complexity index is 996. The maximum atomic E-state index is 12.7. The molecule has 13 nitrogen and oxygen atoms in total. The van der Waals surface area contributed by atoms with Crippen molar-refractivity contribution in [1.82, 2.24) is 25.9 Å². The van der Waals surface area contributed by atoms with Gasteiger partial charge in [0, 0.05) is 24.7 Å². The Balaban J connectivity index is 1.97. The lowest BCUT2D eigenvalue weighted by molar-refractivity contribution is -0.141. The van der Waals surface area contributed by atoms with Gasteiger partial charge in [-0.3, -0.25) is 19.2 Å². The Labute approximate surface area is 194 Å². The second-order valence-electron chi connectivity index (χ2n) is 7.48. The van der Waals surface area contributed by atoms with Crippen molar-refractivity contribution in [3.05, 3.63) is 54.1 Å². The third-order valence-corrected chi connectivity index (χ3v) is 4.71. The van der Waals surface area contributed by atoms with Gasteiger partial charge in [-0.2, -0.15) is 0 Å². The number of carbonyl (C=O) groups excluding carboxylic acids is 4. The van der Waals surface area contributed by atoms with Crippen molar-refractivity contribution in [3.63, 3.8) is 0 Å². The largest absolute Gasteiger partial charge is 0.480 e. The summed E-state index contributed by atoms with van der Waals surface area (Å²) >= 11 is 0. The number of aliphatic carboxylic acids is 1. The van der Waals surface area contributed by atoms with Gasteiger partial charge in [0.2, 0.25) is 23.6 Å². The van der Waals surface area contributed by atoms with Crippen molar-refractivity contribution >= 4 is 29.6 Å². The van der Waals surface area contributed by atoms with Crippen LogP contribution in [0.3, 0.4) is 0 Å². The van der Waals surface area contributed by atoms with Gasteiger partial charge in [0.05, 0.1) is 25.3 Å². The molecule has 9 N–H and O–H groups in total. The summed E-state index contributed by atoms with van der Waals surface area (Å²) in [5.74, 6) is -4.24. The van der Waals surface area contributed by atoms with Crippen LogP contribution in [0.25, 0.3) is 0 Å². The minimum Gasteiger partial charge on any atom is -0.480 e. The highest BCUT2D eigenvalue weighted by atomic mass is 16.4. The molecule has 0 fully saturated rings. The molecule has 0 bridgehead atoms. The van der Waals surface area contributed by atoms with Crippen LogP contribution in [-0.2, 0) is 36.8 Å². The second-order valence-corrected chi connectivity index (χ2v) is 7.48. The molecule has 182 valence electrons. The van der Waals surface area contributed by atoms with Crippen molar-refractivity contribution in [1.29, 1.82) is 0 Å². The average molecular weight is 473 g/mol. The number of nitrogens with two attached hydrogens (primary N) is 2. The molecule has 0 spiro atoms. The van der Waals surface area contributed by atoms with Gasteiger partial charge in [-0.15, -0.1) is 0 Å². The van der Waals surface area contributed by atoms with E-state index in [0.29, 0.717) is 11.3 Å². The third-order valence-electron chi connectivity index (χ3n) is 4.71.